The van der Waals surface area contributed by atoms with Crippen molar-refractivity contribution in [3.8, 4) is 0 Å². The highest BCUT2D eigenvalue weighted by Gasteiger charge is 2.20. The number of nitrogens with one attached hydrogen (secondary N) is 2. The predicted octanol–water partition coefficient (Wildman–Crippen LogP) is 2.08. The molecule has 98 valence electrons. The van der Waals surface area contributed by atoms with Gasteiger partial charge in [-0.2, -0.15) is 0 Å². The molecule has 2 aromatic rings. The summed E-state index contributed by atoms with van der Waals surface area (Å²) in [5.74, 6) is 0.133. The Morgan fingerprint density at radius 2 is 2.37 bits per heavy atom. The maximum atomic E-state index is 11.1. The van der Waals surface area contributed by atoms with Gasteiger partial charge in [-0.25, -0.2) is 0 Å². The number of anilines is 1. The van der Waals surface area contributed by atoms with Gasteiger partial charge in [-0.15, -0.1) is 0 Å². The maximum absolute atomic E-state index is 11.1. The van der Waals surface area contributed by atoms with Gasteiger partial charge in [-0.3, -0.25) is 14.8 Å². The summed E-state index contributed by atoms with van der Waals surface area (Å²) in [5.41, 5.74) is 2.63. The Hall–Kier alpha value is -1.69. The average molecular weight is 321 g/mol. The van der Waals surface area contributed by atoms with E-state index in [2.05, 4.69) is 36.5 Å². The molecule has 1 unspecified atom stereocenters. The van der Waals surface area contributed by atoms with E-state index in [0.29, 0.717) is 13.0 Å². The number of carbonyl (C=O) groups is 1. The normalized spacial score (nSPS) is 18.6. The molecule has 0 aromatic carbocycles. The van der Waals surface area contributed by atoms with Crippen molar-refractivity contribution in [1.82, 2.24) is 15.3 Å². The van der Waals surface area contributed by atoms with Crippen molar-refractivity contribution < 1.29 is 4.79 Å². The summed E-state index contributed by atoms with van der Waals surface area (Å²) in [5, 5.41) is 6.27. The molecule has 2 N–H and O–H groups in total. The summed E-state index contributed by atoms with van der Waals surface area (Å²) < 4.78 is 0.910. The van der Waals surface area contributed by atoms with Gasteiger partial charge in [0.1, 0.15) is 5.52 Å². The molecule has 1 saturated heterocycles. The lowest BCUT2D eigenvalue weighted by atomic mass is 10.2. The van der Waals surface area contributed by atoms with E-state index in [9.17, 15) is 4.79 Å². The monoisotopic (exact) mass is 320 g/mol. The van der Waals surface area contributed by atoms with Crippen molar-refractivity contribution in [2.24, 2.45) is 0 Å². The van der Waals surface area contributed by atoms with E-state index in [4.69, 9.17) is 0 Å². The zero-order valence-electron chi connectivity index (χ0n) is 10.2. The molecule has 1 fully saturated rings. The van der Waals surface area contributed by atoms with Gasteiger partial charge in [0.15, 0.2) is 0 Å². The van der Waals surface area contributed by atoms with E-state index in [1.165, 1.54) is 0 Å². The number of nitrogens with zero attached hydrogens (tertiary/aromatic N) is 2. The van der Waals surface area contributed by atoms with Crippen LogP contribution in [0.3, 0.4) is 0 Å². The number of pyridine rings is 2. The van der Waals surface area contributed by atoms with E-state index in [1.54, 1.807) is 12.4 Å². The van der Waals surface area contributed by atoms with Crippen molar-refractivity contribution in [2.45, 2.75) is 18.9 Å². The Balaban J connectivity index is 1.79. The highest BCUT2D eigenvalue weighted by molar-refractivity contribution is 9.10. The van der Waals surface area contributed by atoms with E-state index in [1.807, 2.05) is 12.1 Å². The molecule has 0 spiro atoms. The third-order valence-corrected chi connectivity index (χ3v) is 3.60. The number of aromatic nitrogens is 2. The van der Waals surface area contributed by atoms with Crippen LogP contribution in [0.5, 0.6) is 0 Å². The Morgan fingerprint density at radius 1 is 1.47 bits per heavy atom. The van der Waals surface area contributed by atoms with E-state index in [0.717, 1.165) is 27.6 Å². The van der Waals surface area contributed by atoms with Gasteiger partial charge in [0.25, 0.3) is 0 Å². The summed E-state index contributed by atoms with van der Waals surface area (Å²) in [7, 11) is 0. The fourth-order valence-corrected chi connectivity index (χ4v) is 2.53. The molecule has 1 aliphatic rings. The highest BCUT2D eigenvalue weighted by Crippen LogP contribution is 2.22. The molecule has 3 heterocycles. The van der Waals surface area contributed by atoms with Gasteiger partial charge in [0.05, 0.1) is 11.2 Å². The summed E-state index contributed by atoms with van der Waals surface area (Å²) in [6.45, 7) is 0.711. The zero-order valence-corrected chi connectivity index (χ0v) is 11.8. The number of carbonyl (C=O) groups excluding carboxylic acids is 1. The maximum Gasteiger partial charge on any atom is 0.220 e. The van der Waals surface area contributed by atoms with Crippen LogP contribution < -0.4 is 10.6 Å². The van der Waals surface area contributed by atoms with Gasteiger partial charge >= 0.3 is 0 Å². The minimum absolute atomic E-state index is 0.133. The van der Waals surface area contributed by atoms with E-state index < -0.39 is 0 Å². The first-order valence-electron chi connectivity index (χ1n) is 6.16. The summed E-state index contributed by atoms with van der Waals surface area (Å²) >= 11 is 3.39. The SMILES string of the molecule is O=C1CCC(CNc2ccnc3cc(Br)cnc23)N1. The summed E-state index contributed by atoms with van der Waals surface area (Å²) in [6.07, 6.45) is 5.01. The van der Waals surface area contributed by atoms with Crippen LogP contribution in [0.1, 0.15) is 12.8 Å². The topological polar surface area (TPSA) is 66.9 Å². The largest absolute Gasteiger partial charge is 0.381 e. The molecule has 1 atom stereocenters. The number of hydrogen-bond acceptors (Lipinski definition) is 4. The number of halogens is 1. The Morgan fingerprint density at radius 3 is 3.16 bits per heavy atom. The lowest BCUT2D eigenvalue weighted by Crippen LogP contribution is -2.31. The molecule has 5 nitrogen and oxygen atoms in total. The molecule has 2 aromatic heterocycles. The lowest BCUT2D eigenvalue weighted by Gasteiger charge is -2.13. The fourth-order valence-electron chi connectivity index (χ4n) is 2.21. The molecule has 0 aliphatic carbocycles. The zero-order chi connectivity index (χ0) is 13.2. The van der Waals surface area contributed by atoms with Crippen molar-refractivity contribution in [3.05, 3.63) is 29.0 Å². The lowest BCUT2D eigenvalue weighted by molar-refractivity contribution is -0.119. The van der Waals surface area contributed by atoms with Gasteiger partial charge in [-0.1, -0.05) is 0 Å². The molecule has 0 saturated carbocycles. The van der Waals surface area contributed by atoms with Crippen LogP contribution in [0.25, 0.3) is 11.0 Å². The van der Waals surface area contributed by atoms with Crippen LogP contribution in [0.2, 0.25) is 0 Å². The second-order valence-corrected chi connectivity index (χ2v) is 5.48. The molecule has 1 aliphatic heterocycles. The molecular formula is C13H13BrN4O. The molecule has 0 radical (unpaired) electrons. The third kappa shape index (κ3) is 2.68. The molecule has 6 heteroatoms. The van der Waals surface area contributed by atoms with Crippen molar-refractivity contribution in [1.29, 1.82) is 0 Å². The van der Waals surface area contributed by atoms with Gasteiger partial charge < -0.3 is 10.6 Å². The minimum atomic E-state index is 0.133. The molecule has 3 rings (SSSR count). The number of rotatable bonds is 3. The molecule has 1 amide bonds. The molecule has 0 bridgehead atoms. The van der Waals surface area contributed by atoms with Crippen LogP contribution in [-0.4, -0.2) is 28.5 Å². The first-order valence-corrected chi connectivity index (χ1v) is 6.95. The highest BCUT2D eigenvalue weighted by atomic mass is 79.9. The van der Waals surface area contributed by atoms with E-state index >= 15 is 0 Å². The van der Waals surface area contributed by atoms with E-state index in [-0.39, 0.29) is 11.9 Å². The van der Waals surface area contributed by atoms with Gasteiger partial charge in [0.2, 0.25) is 5.91 Å². The summed E-state index contributed by atoms with van der Waals surface area (Å²) in [4.78, 5) is 19.8. The van der Waals surface area contributed by atoms with Crippen LogP contribution in [0.15, 0.2) is 29.0 Å². The standard InChI is InChI=1S/C13H13BrN4O/c14-8-5-11-13(17-6-8)10(3-4-15-11)16-7-9-1-2-12(19)18-9/h3-6,9H,1-2,7H2,(H,15,16)(H,18,19). The van der Waals surface area contributed by atoms with Gasteiger partial charge in [0, 0.05) is 35.9 Å². The Kier molecular flexibility index (Phi) is 3.33. The first kappa shape index (κ1) is 12.3. The smallest absolute Gasteiger partial charge is 0.220 e. The van der Waals surface area contributed by atoms with Crippen LogP contribution in [-0.2, 0) is 4.79 Å². The minimum Gasteiger partial charge on any atom is -0.381 e. The summed E-state index contributed by atoms with van der Waals surface area (Å²) in [6, 6.07) is 4.04. The predicted molar refractivity (Wildman–Crippen MR) is 76.9 cm³/mol. The number of hydrogen-bond donors (Lipinski definition) is 2. The second-order valence-electron chi connectivity index (χ2n) is 4.56. The third-order valence-electron chi connectivity index (χ3n) is 3.17. The Bertz CT molecular complexity index is 631. The number of amides is 1. The second kappa shape index (κ2) is 5.13. The molecular weight excluding hydrogens is 308 g/mol. The van der Waals surface area contributed by atoms with Crippen LogP contribution in [0, 0.1) is 0 Å². The quantitative estimate of drug-likeness (QED) is 0.908. The fraction of sp³-hybridized carbons (Fsp3) is 0.308. The van der Waals surface area contributed by atoms with Crippen molar-refractivity contribution in [3.63, 3.8) is 0 Å². The first-order chi connectivity index (χ1) is 9.22. The van der Waals surface area contributed by atoms with Crippen molar-refractivity contribution in [2.75, 3.05) is 11.9 Å². The Labute approximate surface area is 119 Å². The number of fused-ring (bicyclic) bond motifs is 1. The van der Waals surface area contributed by atoms with Crippen LogP contribution >= 0.6 is 15.9 Å². The molecule has 19 heavy (non-hydrogen) atoms. The average Bonchev–Trinajstić information content (AvgIpc) is 2.81. The van der Waals surface area contributed by atoms with Crippen LogP contribution in [0.4, 0.5) is 5.69 Å². The van der Waals surface area contributed by atoms with Gasteiger partial charge in [-0.05, 0) is 34.5 Å². The van der Waals surface area contributed by atoms with Crippen molar-refractivity contribution >= 4 is 38.6 Å².